The molecule has 2 aromatic carbocycles. The van der Waals surface area contributed by atoms with Gasteiger partial charge in [-0.1, -0.05) is 48.6 Å². The Kier molecular flexibility index (Phi) is 8.94. The molecule has 6 nitrogen and oxygen atoms in total. The molecule has 0 spiro atoms. The molecule has 0 heterocycles. The highest BCUT2D eigenvalue weighted by atomic mass is 16.6. The average Bonchev–Trinajstić information content (AvgIpc) is 2.78. The predicted octanol–water partition coefficient (Wildman–Crippen LogP) is 4.26. The molecule has 160 valence electrons. The topological polar surface area (TPSA) is 65.1 Å². The molecule has 6 heteroatoms. The molecule has 0 saturated heterocycles. The molecule has 0 saturated carbocycles. The minimum Gasteiger partial charge on any atom is -0.493 e. The van der Waals surface area contributed by atoms with Crippen LogP contribution in [0, 0.1) is 0 Å². The first-order valence-electron chi connectivity index (χ1n) is 10.0. The van der Waals surface area contributed by atoms with Gasteiger partial charge in [0.05, 0.1) is 7.11 Å². The largest absolute Gasteiger partial charge is 0.493 e. The zero-order chi connectivity index (χ0) is 21.9. The van der Waals surface area contributed by atoms with Gasteiger partial charge in [-0.05, 0) is 38.5 Å². The summed E-state index contributed by atoms with van der Waals surface area (Å²) in [5.74, 6) is 0.0445. The van der Waals surface area contributed by atoms with Crippen LogP contribution in [0.25, 0.3) is 6.08 Å². The summed E-state index contributed by atoms with van der Waals surface area (Å²) in [6.45, 7) is 6.42. The average molecular weight is 411 g/mol. The van der Waals surface area contributed by atoms with Crippen molar-refractivity contribution in [2.75, 3.05) is 26.8 Å². The second kappa shape index (κ2) is 11.7. The Morgan fingerprint density at radius 2 is 1.73 bits per heavy atom. The first-order chi connectivity index (χ1) is 14.5. The van der Waals surface area contributed by atoms with Crippen LogP contribution < -0.4 is 9.47 Å². The monoisotopic (exact) mass is 411 g/mol. The van der Waals surface area contributed by atoms with Crippen molar-refractivity contribution in [1.29, 1.82) is 0 Å². The van der Waals surface area contributed by atoms with Gasteiger partial charge in [0.2, 0.25) is 6.10 Å². The number of esters is 1. The molecule has 0 unspecified atom stereocenters. The molecule has 0 aliphatic carbocycles. The Morgan fingerprint density at radius 1 is 1.03 bits per heavy atom. The van der Waals surface area contributed by atoms with Gasteiger partial charge in [-0.3, -0.25) is 4.79 Å². The number of benzene rings is 2. The molecule has 0 bridgehead atoms. The van der Waals surface area contributed by atoms with E-state index in [1.807, 2.05) is 51.1 Å². The van der Waals surface area contributed by atoms with Crippen LogP contribution in [0.15, 0.2) is 54.6 Å². The van der Waals surface area contributed by atoms with Crippen LogP contribution in [0.5, 0.6) is 11.5 Å². The highest BCUT2D eigenvalue weighted by molar-refractivity contribution is 5.85. The molecule has 0 N–H and O–H groups in total. The third-order valence-corrected chi connectivity index (χ3v) is 4.54. The summed E-state index contributed by atoms with van der Waals surface area (Å²) in [4.78, 5) is 27.0. The van der Waals surface area contributed by atoms with Crippen LogP contribution in [-0.4, -0.2) is 43.6 Å². The number of methoxy groups -OCH3 is 1. The van der Waals surface area contributed by atoms with Crippen molar-refractivity contribution in [3.05, 3.63) is 65.7 Å². The Labute approximate surface area is 178 Å². The van der Waals surface area contributed by atoms with Gasteiger partial charge in [0.1, 0.15) is 0 Å². The summed E-state index contributed by atoms with van der Waals surface area (Å²) in [6, 6.07) is 14.4. The van der Waals surface area contributed by atoms with Crippen LogP contribution in [0.2, 0.25) is 0 Å². The van der Waals surface area contributed by atoms with Crippen molar-refractivity contribution in [1.82, 2.24) is 4.90 Å². The lowest BCUT2D eigenvalue weighted by atomic mass is 10.1. The van der Waals surface area contributed by atoms with E-state index in [0.29, 0.717) is 30.2 Å². The smallest absolute Gasteiger partial charge is 0.345 e. The van der Waals surface area contributed by atoms with Crippen molar-refractivity contribution in [3.63, 3.8) is 0 Å². The van der Waals surface area contributed by atoms with E-state index in [4.69, 9.17) is 14.2 Å². The highest BCUT2D eigenvalue weighted by Crippen LogP contribution is 2.29. The van der Waals surface area contributed by atoms with Gasteiger partial charge in [0.15, 0.2) is 18.1 Å². The fourth-order valence-electron chi connectivity index (χ4n) is 2.99. The fourth-order valence-corrected chi connectivity index (χ4v) is 2.99. The van der Waals surface area contributed by atoms with Crippen molar-refractivity contribution in [3.8, 4) is 11.5 Å². The van der Waals surface area contributed by atoms with E-state index in [1.165, 1.54) is 7.11 Å². The number of rotatable bonds is 10. The zero-order valence-corrected chi connectivity index (χ0v) is 18.0. The molecule has 0 aliphatic rings. The van der Waals surface area contributed by atoms with E-state index < -0.39 is 12.1 Å². The maximum Gasteiger partial charge on any atom is 0.345 e. The SMILES string of the molecule is C/C=C/c1ccc(OCC(=O)O[C@H](C(=O)N(CC)CC)c2ccccc2)c(OC)c1. The minimum absolute atomic E-state index is 0.257. The van der Waals surface area contributed by atoms with Crippen LogP contribution in [0.3, 0.4) is 0 Å². The van der Waals surface area contributed by atoms with Gasteiger partial charge < -0.3 is 19.1 Å². The lowest BCUT2D eigenvalue weighted by Gasteiger charge is -2.25. The molecular weight excluding hydrogens is 382 g/mol. The van der Waals surface area contributed by atoms with Crippen LogP contribution in [-0.2, 0) is 14.3 Å². The summed E-state index contributed by atoms with van der Waals surface area (Å²) in [7, 11) is 1.54. The summed E-state index contributed by atoms with van der Waals surface area (Å²) in [5, 5.41) is 0. The van der Waals surface area contributed by atoms with E-state index in [2.05, 4.69) is 0 Å². The predicted molar refractivity (Wildman–Crippen MR) is 116 cm³/mol. The summed E-state index contributed by atoms with van der Waals surface area (Å²) < 4.78 is 16.5. The third kappa shape index (κ3) is 6.11. The zero-order valence-electron chi connectivity index (χ0n) is 18.0. The molecule has 2 rings (SSSR count). The number of carbonyl (C=O) groups excluding carboxylic acids is 2. The fraction of sp³-hybridized carbons (Fsp3) is 0.333. The van der Waals surface area contributed by atoms with E-state index >= 15 is 0 Å². The lowest BCUT2D eigenvalue weighted by Crippen LogP contribution is -2.37. The lowest BCUT2D eigenvalue weighted by molar-refractivity contribution is -0.162. The standard InChI is InChI=1S/C24H29NO5/c1-5-11-18-14-15-20(21(16-18)28-4)29-17-22(26)30-23(19-12-9-8-10-13-19)24(27)25(6-2)7-3/h5,8-16,23H,6-7,17H2,1-4H3/b11-5+/t23-/m0/s1. The van der Waals surface area contributed by atoms with Gasteiger partial charge in [-0.15, -0.1) is 0 Å². The molecule has 0 radical (unpaired) electrons. The van der Waals surface area contributed by atoms with Gasteiger partial charge in [-0.2, -0.15) is 0 Å². The van der Waals surface area contributed by atoms with Crippen LogP contribution in [0.1, 0.15) is 38.0 Å². The van der Waals surface area contributed by atoms with Gasteiger partial charge >= 0.3 is 5.97 Å². The van der Waals surface area contributed by atoms with E-state index in [0.717, 1.165) is 5.56 Å². The van der Waals surface area contributed by atoms with Crippen LogP contribution >= 0.6 is 0 Å². The number of hydrogen-bond acceptors (Lipinski definition) is 5. The van der Waals surface area contributed by atoms with E-state index in [-0.39, 0.29) is 12.5 Å². The summed E-state index contributed by atoms with van der Waals surface area (Å²) in [6.07, 6.45) is 2.84. The van der Waals surface area contributed by atoms with Gasteiger partial charge in [0, 0.05) is 18.7 Å². The number of allylic oxidation sites excluding steroid dienone is 1. The van der Waals surface area contributed by atoms with Crippen molar-refractivity contribution >= 4 is 18.0 Å². The second-order valence-corrected chi connectivity index (χ2v) is 6.49. The molecular formula is C24H29NO5. The van der Waals surface area contributed by atoms with Gasteiger partial charge in [-0.25, -0.2) is 4.79 Å². The summed E-state index contributed by atoms with van der Waals surface area (Å²) in [5.41, 5.74) is 1.58. The maximum atomic E-state index is 12.9. The number of likely N-dealkylation sites (N-methyl/N-ethyl adjacent to an activating group) is 1. The van der Waals surface area contributed by atoms with Crippen molar-refractivity contribution in [2.45, 2.75) is 26.9 Å². The molecule has 30 heavy (non-hydrogen) atoms. The van der Waals surface area contributed by atoms with Crippen LogP contribution in [0.4, 0.5) is 0 Å². The number of ether oxygens (including phenoxy) is 3. The molecule has 0 aliphatic heterocycles. The molecule has 2 aromatic rings. The number of amides is 1. The first-order valence-corrected chi connectivity index (χ1v) is 10.0. The Hall–Kier alpha value is -3.28. The van der Waals surface area contributed by atoms with Gasteiger partial charge in [0.25, 0.3) is 5.91 Å². The second-order valence-electron chi connectivity index (χ2n) is 6.49. The van der Waals surface area contributed by atoms with Crippen molar-refractivity contribution < 1.29 is 23.8 Å². The maximum absolute atomic E-state index is 12.9. The van der Waals surface area contributed by atoms with E-state index in [9.17, 15) is 9.59 Å². The Balaban J connectivity index is 2.12. The highest BCUT2D eigenvalue weighted by Gasteiger charge is 2.28. The summed E-state index contributed by atoms with van der Waals surface area (Å²) >= 11 is 0. The molecule has 0 aromatic heterocycles. The third-order valence-electron chi connectivity index (χ3n) is 4.54. The quantitative estimate of drug-likeness (QED) is 0.547. The normalized spacial score (nSPS) is 11.7. The number of nitrogens with zero attached hydrogens (tertiary/aromatic N) is 1. The van der Waals surface area contributed by atoms with Crippen molar-refractivity contribution in [2.24, 2.45) is 0 Å². The molecule has 0 fully saturated rings. The molecule has 1 amide bonds. The van der Waals surface area contributed by atoms with E-state index in [1.54, 1.807) is 35.2 Å². The molecule has 1 atom stereocenters. The first kappa shape index (κ1) is 23.0. The number of carbonyl (C=O) groups is 2. The number of hydrogen-bond donors (Lipinski definition) is 0. The minimum atomic E-state index is -1.01. The Bertz CT molecular complexity index is 859. The Morgan fingerprint density at radius 3 is 2.33 bits per heavy atom.